The minimum absolute atomic E-state index is 0.882. The van der Waals surface area contributed by atoms with Crippen LogP contribution in [-0.2, 0) is 0 Å². The van der Waals surface area contributed by atoms with E-state index in [4.69, 9.17) is 4.42 Å². The van der Waals surface area contributed by atoms with Gasteiger partial charge in [0.25, 0.3) is 0 Å². The van der Waals surface area contributed by atoms with Crippen molar-refractivity contribution in [1.82, 2.24) is 4.57 Å². The molecule has 0 bridgehead atoms. The highest BCUT2D eigenvalue weighted by molar-refractivity contribution is 6.13. The summed E-state index contributed by atoms with van der Waals surface area (Å²) >= 11 is 0. The van der Waals surface area contributed by atoms with Crippen molar-refractivity contribution in [2.75, 3.05) is 4.90 Å². The molecule has 0 aliphatic rings. The zero-order chi connectivity index (χ0) is 41.6. The minimum Gasteiger partial charge on any atom is -0.454 e. The Bertz CT molecular complexity index is 3490. The molecule has 0 N–H and O–H groups in total. The van der Waals surface area contributed by atoms with Crippen LogP contribution in [0.5, 0.6) is 0 Å². The summed E-state index contributed by atoms with van der Waals surface area (Å²) in [4.78, 5) is 2.41. The van der Waals surface area contributed by atoms with Crippen molar-refractivity contribution in [2.24, 2.45) is 0 Å². The number of rotatable bonds is 9. The molecule has 3 heteroatoms. The molecule has 0 spiro atoms. The van der Waals surface area contributed by atoms with Gasteiger partial charge in [-0.2, -0.15) is 0 Å². The molecule has 0 saturated carbocycles. The number of fused-ring (bicyclic) bond motifs is 6. The van der Waals surface area contributed by atoms with Gasteiger partial charge in [0, 0.05) is 38.5 Å². The predicted molar refractivity (Wildman–Crippen MR) is 263 cm³/mol. The van der Waals surface area contributed by atoms with Crippen LogP contribution in [0.1, 0.15) is 11.1 Å². The van der Waals surface area contributed by atoms with Crippen molar-refractivity contribution in [3.63, 3.8) is 0 Å². The van der Waals surface area contributed by atoms with Crippen molar-refractivity contribution in [3.8, 4) is 39.1 Å². The lowest BCUT2D eigenvalue weighted by Crippen LogP contribution is -2.13. The number of para-hydroxylation sites is 4. The second-order valence-corrected chi connectivity index (χ2v) is 15.7. The minimum atomic E-state index is 0.882. The van der Waals surface area contributed by atoms with Crippen LogP contribution in [0.15, 0.2) is 229 Å². The smallest absolute Gasteiger partial charge is 0.159 e. The molecule has 11 aromatic rings. The number of furan rings is 1. The van der Waals surface area contributed by atoms with Crippen LogP contribution in [0.4, 0.5) is 17.1 Å². The average molecular weight is 795 g/mol. The molecule has 2 aromatic heterocycles. The quantitative estimate of drug-likeness (QED) is 0.136. The summed E-state index contributed by atoms with van der Waals surface area (Å²) in [6.45, 7) is 6.14. The van der Waals surface area contributed by atoms with Gasteiger partial charge in [-0.3, -0.25) is 0 Å². The monoisotopic (exact) mass is 794 g/mol. The SMILES string of the molecule is C=C/C=C\c1cccc(N(c2ccc(-c3ccccc3)cc2)c2ccccc2-c2ccccc2-c2ccc3c4ccccc4n(-c4cccc5c4oc4ccccc45)c3c2)c1C. The Morgan fingerprint density at radius 3 is 1.95 bits per heavy atom. The van der Waals surface area contributed by atoms with E-state index in [-0.39, 0.29) is 0 Å². The zero-order valence-electron chi connectivity index (χ0n) is 34.4. The first kappa shape index (κ1) is 36.9. The number of benzene rings is 9. The van der Waals surface area contributed by atoms with Crippen molar-refractivity contribution in [2.45, 2.75) is 6.92 Å². The summed E-state index contributed by atoms with van der Waals surface area (Å²) < 4.78 is 9.02. The van der Waals surface area contributed by atoms with E-state index in [1.165, 1.54) is 27.5 Å². The topological polar surface area (TPSA) is 21.3 Å². The highest BCUT2D eigenvalue weighted by Crippen LogP contribution is 2.46. The summed E-state index contributed by atoms with van der Waals surface area (Å²) in [5.74, 6) is 0. The van der Waals surface area contributed by atoms with Crippen LogP contribution in [0.2, 0.25) is 0 Å². The molecule has 3 nitrogen and oxygen atoms in total. The molecule has 11 rings (SSSR count). The molecule has 0 fully saturated rings. The van der Waals surface area contributed by atoms with Gasteiger partial charge in [0.2, 0.25) is 0 Å². The molecule has 0 unspecified atom stereocenters. The van der Waals surface area contributed by atoms with Crippen LogP contribution in [0.25, 0.3) is 88.9 Å². The average Bonchev–Trinajstić information content (AvgIpc) is 3.88. The lowest BCUT2D eigenvalue weighted by molar-refractivity contribution is 0.666. The van der Waals surface area contributed by atoms with Gasteiger partial charge in [-0.05, 0) is 94.4 Å². The predicted octanol–water partition coefficient (Wildman–Crippen LogP) is 16.7. The second-order valence-electron chi connectivity index (χ2n) is 15.7. The van der Waals surface area contributed by atoms with Crippen LogP contribution in [-0.4, -0.2) is 4.57 Å². The highest BCUT2D eigenvalue weighted by Gasteiger charge is 2.23. The van der Waals surface area contributed by atoms with Gasteiger partial charge in [0.15, 0.2) is 5.58 Å². The molecule has 294 valence electrons. The van der Waals surface area contributed by atoms with E-state index in [1.54, 1.807) is 0 Å². The number of allylic oxidation sites excluding steroid dienone is 2. The first-order valence-electron chi connectivity index (χ1n) is 21.1. The molecular formula is C59H42N2O. The molecule has 0 radical (unpaired) electrons. The normalized spacial score (nSPS) is 11.6. The fraction of sp³-hybridized carbons (Fsp3) is 0.0169. The van der Waals surface area contributed by atoms with Crippen molar-refractivity contribution in [1.29, 1.82) is 0 Å². The number of aromatic nitrogens is 1. The van der Waals surface area contributed by atoms with Crippen molar-refractivity contribution < 1.29 is 4.42 Å². The van der Waals surface area contributed by atoms with E-state index < -0.39 is 0 Å². The molecular weight excluding hydrogens is 753 g/mol. The fourth-order valence-electron chi connectivity index (χ4n) is 9.25. The summed E-state index contributed by atoms with van der Waals surface area (Å²) in [5, 5.41) is 4.63. The van der Waals surface area contributed by atoms with Crippen LogP contribution >= 0.6 is 0 Å². The van der Waals surface area contributed by atoms with Gasteiger partial charge in [-0.1, -0.05) is 183 Å². The fourth-order valence-corrected chi connectivity index (χ4v) is 9.25. The second kappa shape index (κ2) is 15.5. The molecule has 0 amide bonds. The third-order valence-corrected chi connectivity index (χ3v) is 12.2. The highest BCUT2D eigenvalue weighted by atomic mass is 16.3. The maximum atomic E-state index is 6.64. The Balaban J connectivity index is 1.10. The van der Waals surface area contributed by atoms with Crippen molar-refractivity contribution in [3.05, 3.63) is 236 Å². The zero-order valence-corrected chi connectivity index (χ0v) is 34.4. The van der Waals surface area contributed by atoms with E-state index in [9.17, 15) is 0 Å². The first-order chi connectivity index (χ1) is 30.7. The standard InChI is InChI=1S/C59H42N2O/c1-3-4-18-41-21-16-30-53(40(41)2)60(45-36-33-43(34-37-45)42-19-6-5-7-20-42)54-28-13-10-24-48(54)47-23-9-8-22-46(47)44-35-38-50-49-25-11-14-29-55(49)61(57(50)39-44)56-31-17-27-52-51-26-12-15-32-58(51)62-59(52)56/h3-39H,1H2,2H3/b18-4-. The lowest BCUT2D eigenvalue weighted by Gasteiger charge is -2.30. The Morgan fingerprint density at radius 1 is 0.484 bits per heavy atom. The Kier molecular flexibility index (Phi) is 9.21. The molecule has 0 aliphatic heterocycles. The molecule has 62 heavy (non-hydrogen) atoms. The van der Waals surface area contributed by atoms with E-state index in [0.29, 0.717) is 0 Å². The molecule has 2 heterocycles. The molecule has 0 atom stereocenters. The maximum absolute atomic E-state index is 6.64. The van der Waals surface area contributed by atoms with E-state index in [2.05, 4.69) is 229 Å². The number of nitrogens with zero attached hydrogens (tertiary/aromatic N) is 2. The van der Waals surface area contributed by atoms with Crippen LogP contribution in [0.3, 0.4) is 0 Å². The summed E-state index contributed by atoms with van der Waals surface area (Å²) in [5.41, 5.74) is 17.6. The third-order valence-electron chi connectivity index (χ3n) is 12.2. The van der Waals surface area contributed by atoms with Gasteiger partial charge in [-0.15, -0.1) is 0 Å². The number of hydrogen-bond acceptors (Lipinski definition) is 2. The Morgan fingerprint density at radius 2 is 1.11 bits per heavy atom. The van der Waals surface area contributed by atoms with Gasteiger partial charge in [0.1, 0.15) is 5.58 Å². The third kappa shape index (κ3) is 6.22. The number of anilines is 3. The summed E-state index contributed by atoms with van der Waals surface area (Å²) in [6, 6.07) is 74.1. The Hall–Kier alpha value is -8.14. The molecule has 9 aromatic carbocycles. The maximum Gasteiger partial charge on any atom is 0.159 e. The van der Waals surface area contributed by atoms with Gasteiger partial charge in [-0.25, -0.2) is 0 Å². The van der Waals surface area contributed by atoms with Gasteiger partial charge >= 0.3 is 0 Å². The number of hydrogen-bond donors (Lipinski definition) is 0. The van der Waals surface area contributed by atoms with Crippen LogP contribution < -0.4 is 4.90 Å². The molecule has 0 aliphatic carbocycles. The summed E-state index contributed by atoms with van der Waals surface area (Å²) in [7, 11) is 0. The van der Waals surface area contributed by atoms with Crippen molar-refractivity contribution >= 4 is 66.9 Å². The Labute approximate surface area is 361 Å². The largest absolute Gasteiger partial charge is 0.454 e. The van der Waals surface area contributed by atoms with E-state index in [1.807, 2.05) is 18.2 Å². The van der Waals surface area contributed by atoms with Gasteiger partial charge < -0.3 is 13.9 Å². The summed E-state index contributed by atoms with van der Waals surface area (Å²) in [6.07, 6.45) is 5.96. The lowest BCUT2D eigenvalue weighted by atomic mass is 9.92. The van der Waals surface area contributed by atoms with E-state index >= 15 is 0 Å². The first-order valence-corrected chi connectivity index (χ1v) is 21.1. The van der Waals surface area contributed by atoms with Gasteiger partial charge in [0.05, 0.1) is 22.4 Å². The van der Waals surface area contributed by atoms with E-state index in [0.717, 1.165) is 83.5 Å². The van der Waals surface area contributed by atoms with Crippen LogP contribution in [0, 0.1) is 6.92 Å². The molecule has 0 saturated heterocycles.